The first-order chi connectivity index (χ1) is 6.79. The summed E-state index contributed by atoms with van der Waals surface area (Å²) in [7, 11) is 0. The first-order valence-electron chi connectivity index (χ1n) is 4.19. The number of aromatic nitrogens is 3. The topological polar surface area (TPSA) is 54.5 Å². The van der Waals surface area contributed by atoms with Crippen molar-refractivity contribution in [3.05, 3.63) is 41.7 Å². The summed E-state index contributed by atoms with van der Waals surface area (Å²) in [6, 6.07) is 9.26. The van der Waals surface area contributed by atoms with Gasteiger partial charge in [-0.2, -0.15) is 5.26 Å². The Morgan fingerprint density at radius 1 is 1.29 bits per heavy atom. The van der Waals surface area contributed by atoms with E-state index in [0.29, 0.717) is 5.56 Å². The molecule has 4 nitrogen and oxygen atoms in total. The van der Waals surface area contributed by atoms with Gasteiger partial charge >= 0.3 is 0 Å². The molecule has 0 bridgehead atoms. The van der Waals surface area contributed by atoms with Crippen molar-refractivity contribution >= 4 is 0 Å². The van der Waals surface area contributed by atoms with Crippen LogP contribution in [0.15, 0.2) is 30.5 Å². The van der Waals surface area contributed by atoms with Crippen LogP contribution in [0.5, 0.6) is 0 Å². The Hall–Kier alpha value is -2.15. The SMILES string of the molecule is Cc1cn(-c2ccc(C#N)cc2)nn1. The quantitative estimate of drug-likeness (QED) is 0.674. The maximum atomic E-state index is 8.62. The lowest BCUT2D eigenvalue weighted by Crippen LogP contribution is -1.94. The summed E-state index contributed by atoms with van der Waals surface area (Å²) in [6.07, 6.45) is 1.83. The zero-order valence-corrected chi connectivity index (χ0v) is 7.68. The molecule has 0 saturated carbocycles. The monoisotopic (exact) mass is 184 g/mol. The molecule has 2 aromatic rings. The molecule has 1 aromatic carbocycles. The summed E-state index contributed by atoms with van der Waals surface area (Å²) in [5.74, 6) is 0. The van der Waals surface area contributed by atoms with E-state index in [1.807, 2.05) is 25.3 Å². The summed E-state index contributed by atoms with van der Waals surface area (Å²) in [5, 5.41) is 16.4. The molecule has 4 heteroatoms. The van der Waals surface area contributed by atoms with E-state index >= 15 is 0 Å². The zero-order chi connectivity index (χ0) is 9.97. The molecule has 0 N–H and O–H groups in total. The van der Waals surface area contributed by atoms with Gasteiger partial charge in [-0.05, 0) is 31.2 Å². The van der Waals surface area contributed by atoms with Gasteiger partial charge in [0, 0.05) is 0 Å². The van der Waals surface area contributed by atoms with Crippen molar-refractivity contribution in [3.63, 3.8) is 0 Å². The van der Waals surface area contributed by atoms with Crippen molar-refractivity contribution in [2.45, 2.75) is 6.92 Å². The summed E-state index contributed by atoms with van der Waals surface area (Å²) in [4.78, 5) is 0. The number of hydrogen-bond donors (Lipinski definition) is 0. The van der Waals surface area contributed by atoms with Crippen LogP contribution in [0.25, 0.3) is 5.69 Å². The Morgan fingerprint density at radius 3 is 2.50 bits per heavy atom. The summed E-state index contributed by atoms with van der Waals surface area (Å²) >= 11 is 0. The third-order valence-electron chi connectivity index (χ3n) is 1.87. The highest BCUT2D eigenvalue weighted by molar-refractivity contribution is 5.38. The van der Waals surface area contributed by atoms with Crippen molar-refractivity contribution in [1.82, 2.24) is 15.0 Å². The highest BCUT2D eigenvalue weighted by atomic mass is 15.4. The minimum atomic E-state index is 0.644. The predicted molar refractivity (Wildman–Crippen MR) is 50.8 cm³/mol. The Bertz CT molecular complexity index is 476. The lowest BCUT2D eigenvalue weighted by molar-refractivity contribution is 0.801. The Labute approximate surface area is 81.4 Å². The first kappa shape index (κ1) is 8.45. The standard InChI is InChI=1S/C10H8N4/c1-8-7-14(13-12-8)10-4-2-9(6-11)3-5-10/h2-5,7H,1H3. The molecule has 0 amide bonds. The third-order valence-corrected chi connectivity index (χ3v) is 1.87. The minimum absolute atomic E-state index is 0.644. The van der Waals surface area contributed by atoms with Crippen molar-refractivity contribution in [2.24, 2.45) is 0 Å². The first-order valence-corrected chi connectivity index (χ1v) is 4.19. The van der Waals surface area contributed by atoms with Crippen LogP contribution in [-0.2, 0) is 0 Å². The maximum absolute atomic E-state index is 8.62. The second kappa shape index (κ2) is 3.30. The number of benzene rings is 1. The zero-order valence-electron chi connectivity index (χ0n) is 7.68. The van der Waals surface area contributed by atoms with Crippen molar-refractivity contribution in [3.8, 4) is 11.8 Å². The molecule has 0 unspecified atom stereocenters. The molecule has 1 aromatic heterocycles. The number of hydrogen-bond acceptors (Lipinski definition) is 3. The molecule has 14 heavy (non-hydrogen) atoms. The van der Waals surface area contributed by atoms with Crippen molar-refractivity contribution in [1.29, 1.82) is 5.26 Å². The van der Waals surface area contributed by atoms with Gasteiger partial charge in [-0.1, -0.05) is 5.21 Å². The molecular formula is C10H8N4. The fraction of sp³-hybridized carbons (Fsp3) is 0.100. The van der Waals surface area contributed by atoms with E-state index in [2.05, 4.69) is 16.4 Å². The Morgan fingerprint density at radius 2 is 2.00 bits per heavy atom. The Balaban J connectivity index is 2.39. The van der Waals surface area contributed by atoms with E-state index in [1.165, 1.54) is 0 Å². The number of aryl methyl sites for hydroxylation is 1. The molecule has 0 radical (unpaired) electrons. The molecule has 0 spiro atoms. The fourth-order valence-corrected chi connectivity index (χ4v) is 1.16. The van der Waals surface area contributed by atoms with Crippen LogP contribution in [0.2, 0.25) is 0 Å². The van der Waals surface area contributed by atoms with E-state index in [9.17, 15) is 0 Å². The lowest BCUT2D eigenvalue weighted by Gasteiger charge is -1.98. The van der Waals surface area contributed by atoms with Gasteiger partial charge in [0.15, 0.2) is 0 Å². The predicted octanol–water partition coefficient (Wildman–Crippen LogP) is 1.45. The van der Waals surface area contributed by atoms with Gasteiger partial charge in [0.05, 0.1) is 29.2 Å². The van der Waals surface area contributed by atoms with Gasteiger partial charge < -0.3 is 0 Å². The summed E-state index contributed by atoms with van der Waals surface area (Å²) in [6.45, 7) is 1.88. The molecule has 1 heterocycles. The number of rotatable bonds is 1. The third kappa shape index (κ3) is 1.48. The van der Waals surface area contributed by atoms with Gasteiger partial charge in [0.1, 0.15) is 0 Å². The minimum Gasteiger partial charge on any atom is -0.220 e. The normalized spacial score (nSPS) is 9.71. The van der Waals surface area contributed by atoms with E-state index < -0.39 is 0 Å². The van der Waals surface area contributed by atoms with Gasteiger partial charge in [-0.25, -0.2) is 4.68 Å². The second-order valence-corrected chi connectivity index (χ2v) is 2.96. The smallest absolute Gasteiger partial charge is 0.0991 e. The highest BCUT2D eigenvalue weighted by Crippen LogP contribution is 2.07. The summed E-state index contributed by atoms with van der Waals surface area (Å²) in [5.41, 5.74) is 2.42. The van der Waals surface area contributed by atoms with Crippen molar-refractivity contribution < 1.29 is 0 Å². The van der Waals surface area contributed by atoms with E-state index in [-0.39, 0.29) is 0 Å². The van der Waals surface area contributed by atoms with Crippen LogP contribution in [-0.4, -0.2) is 15.0 Å². The molecule has 0 fully saturated rings. The fourth-order valence-electron chi connectivity index (χ4n) is 1.16. The van der Waals surface area contributed by atoms with Crippen LogP contribution in [0.1, 0.15) is 11.3 Å². The van der Waals surface area contributed by atoms with E-state index in [0.717, 1.165) is 11.4 Å². The molecule has 0 aliphatic rings. The van der Waals surface area contributed by atoms with Gasteiger partial charge in [-0.15, -0.1) is 5.10 Å². The molecule has 0 aliphatic heterocycles. The van der Waals surface area contributed by atoms with Crippen LogP contribution < -0.4 is 0 Å². The highest BCUT2D eigenvalue weighted by Gasteiger charge is 1.98. The number of nitriles is 1. The van der Waals surface area contributed by atoms with Gasteiger partial charge in [-0.3, -0.25) is 0 Å². The van der Waals surface area contributed by atoms with Gasteiger partial charge in [0.2, 0.25) is 0 Å². The maximum Gasteiger partial charge on any atom is 0.0991 e. The van der Waals surface area contributed by atoms with E-state index in [1.54, 1.807) is 16.8 Å². The van der Waals surface area contributed by atoms with Crippen LogP contribution in [0, 0.1) is 18.3 Å². The average molecular weight is 184 g/mol. The van der Waals surface area contributed by atoms with Crippen molar-refractivity contribution in [2.75, 3.05) is 0 Å². The molecule has 68 valence electrons. The molecular weight excluding hydrogens is 176 g/mol. The lowest BCUT2D eigenvalue weighted by atomic mass is 10.2. The van der Waals surface area contributed by atoms with Gasteiger partial charge in [0.25, 0.3) is 0 Å². The summed E-state index contributed by atoms with van der Waals surface area (Å²) < 4.78 is 1.68. The molecule has 0 aliphatic carbocycles. The number of nitrogens with zero attached hydrogens (tertiary/aromatic N) is 4. The van der Waals surface area contributed by atoms with Crippen LogP contribution in [0.3, 0.4) is 0 Å². The Kier molecular flexibility index (Phi) is 1.99. The molecule has 0 saturated heterocycles. The van der Waals surface area contributed by atoms with E-state index in [4.69, 9.17) is 5.26 Å². The van der Waals surface area contributed by atoms with Crippen LogP contribution >= 0.6 is 0 Å². The van der Waals surface area contributed by atoms with Crippen LogP contribution in [0.4, 0.5) is 0 Å². The molecule has 2 rings (SSSR count). The second-order valence-electron chi connectivity index (χ2n) is 2.96. The largest absolute Gasteiger partial charge is 0.220 e. The average Bonchev–Trinajstić information content (AvgIpc) is 2.65. The molecule has 0 atom stereocenters.